The summed E-state index contributed by atoms with van der Waals surface area (Å²) >= 11 is 0. The van der Waals surface area contributed by atoms with E-state index in [0.29, 0.717) is 0 Å². The molecule has 0 fully saturated rings. The predicted octanol–water partition coefficient (Wildman–Crippen LogP) is -2.29. The second kappa shape index (κ2) is 5.90. The molecule has 8 heteroatoms. The SMILES string of the molecule is CC(=O)C(O)[C@](C)(O)[C@@](C)(O)[C@@](O)(C(C)=O)C(O)C(C)=O. The van der Waals surface area contributed by atoms with Gasteiger partial charge in [0.25, 0.3) is 0 Å². The Bertz CT molecular complexity index is 453. The number of carbonyl (C=O) groups excluding carboxylic acids is 3. The minimum absolute atomic E-state index is 0.743. The minimum atomic E-state index is -3.11. The molecule has 2 unspecified atom stereocenters. The Balaban J connectivity index is 6.19. The van der Waals surface area contributed by atoms with Crippen LogP contribution in [0.1, 0.15) is 34.6 Å². The molecule has 0 saturated carbocycles. The van der Waals surface area contributed by atoms with E-state index in [1.165, 1.54) is 0 Å². The monoisotopic (exact) mass is 306 g/mol. The van der Waals surface area contributed by atoms with E-state index in [0.717, 1.165) is 34.6 Å². The molecule has 0 aromatic heterocycles. The average molecular weight is 306 g/mol. The molecule has 0 amide bonds. The van der Waals surface area contributed by atoms with E-state index >= 15 is 0 Å². The lowest BCUT2D eigenvalue weighted by Crippen LogP contribution is -2.76. The lowest BCUT2D eigenvalue weighted by molar-refractivity contribution is -0.265. The van der Waals surface area contributed by atoms with Gasteiger partial charge in [-0.25, -0.2) is 0 Å². The van der Waals surface area contributed by atoms with Crippen molar-refractivity contribution in [3.8, 4) is 0 Å². The molecule has 122 valence electrons. The summed E-state index contributed by atoms with van der Waals surface area (Å²) in [5, 5.41) is 50.5. The van der Waals surface area contributed by atoms with Crippen LogP contribution >= 0.6 is 0 Å². The van der Waals surface area contributed by atoms with Crippen molar-refractivity contribution in [3.63, 3.8) is 0 Å². The van der Waals surface area contributed by atoms with Gasteiger partial charge >= 0.3 is 0 Å². The molecule has 0 aromatic rings. The van der Waals surface area contributed by atoms with Gasteiger partial charge in [0.15, 0.2) is 29.1 Å². The summed E-state index contributed by atoms with van der Waals surface area (Å²) < 4.78 is 0. The highest BCUT2D eigenvalue weighted by molar-refractivity contribution is 5.95. The lowest BCUT2D eigenvalue weighted by atomic mass is 9.65. The smallest absolute Gasteiger partial charge is 0.187 e. The molecule has 0 spiro atoms. The van der Waals surface area contributed by atoms with Crippen LogP contribution in [0.4, 0.5) is 0 Å². The number of hydrogen-bond donors (Lipinski definition) is 5. The average Bonchev–Trinajstić information content (AvgIpc) is 2.34. The summed E-state index contributed by atoms with van der Waals surface area (Å²) in [5.74, 6) is -3.20. The van der Waals surface area contributed by atoms with Gasteiger partial charge in [-0.3, -0.25) is 14.4 Å². The van der Waals surface area contributed by atoms with Crippen LogP contribution in [0.2, 0.25) is 0 Å². The van der Waals surface area contributed by atoms with Crippen LogP contribution < -0.4 is 0 Å². The second-order valence-corrected chi connectivity index (χ2v) is 5.57. The fraction of sp³-hybridized carbons (Fsp3) is 0.769. The highest BCUT2D eigenvalue weighted by atomic mass is 16.4. The van der Waals surface area contributed by atoms with E-state index in [1.807, 2.05) is 0 Å². The Morgan fingerprint density at radius 2 is 1.14 bits per heavy atom. The molecule has 5 N–H and O–H groups in total. The van der Waals surface area contributed by atoms with Crippen molar-refractivity contribution < 1.29 is 39.9 Å². The molecule has 0 rings (SSSR count). The van der Waals surface area contributed by atoms with Crippen LogP contribution in [-0.2, 0) is 14.4 Å². The Hall–Kier alpha value is -1.19. The first kappa shape index (κ1) is 19.8. The van der Waals surface area contributed by atoms with Crippen molar-refractivity contribution in [1.82, 2.24) is 0 Å². The van der Waals surface area contributed by atoms with Crippen LogP contribution in [-0.4, -0.2) is 71.9 Å². The van der Waals surface area contributed by atoms with Gasteiger partial charge in [0.1, 0.15) is 17.3 Å². The molecule has 0 aromatic carbocycles. The Morgan fingerprint density at radius 3 is 1.38 bits per heavy atom. The topological polar surface area (TPSA) is 152 Å². The quantitative estimate of drug-likeness (QED) is 0.352. The van der Waals surface area contributed by atoms with Crippen molar-refractivity contribution in [2.24, 2.45) is 0 Å². The Morgan fingerprint density at radius 1 is 0.810 bits per heavy atom. The third-order valence-corrected chi connectivity index (χ3v) is 3.96. The van der Waals surface area contributed by atoms with Gasteiger partial charge in [0, 0.05) is 0 Å². The number of rotatable bonds is 7. The van der Waals surface area contributed by atoms with E-state index in [9.17, 15) is 39.9 Å². The normalized spacial score (nSPS) is 23.1. The summed E-state index contributed by atoms with van der Waals surface area (Å²) in [6.07, 6.45) is -4.51. The van der Waals surface area contributed by atoms with Crippen molar-refractivity contribution in [2.45, 2.75) is 63.6 Å². The zero-order valence-electron chi connectivity index (χ0n) is 12.6. The van der Waals surface area contributed by atoms with Gasteiger partial charge in [-0.05, 0) is 34.6 Å². The van der Waals surface area contributed by atoms with Crippen LogP contribution in [0.5, 0.6) is 0 Å². The van der Waals surface area contributed by atoms with Crippen molar-refractivity contribution in [3.05, 3.63) is 0 Å². The fourth-order valence-electron chi connectivity index (χ4n) is 2.14. The van der Waals surface area contributed by atoms with Gasteiger partial charge in [0.05, 0.1) is 0 Å². The molecule has 0 radical (unpaired) electrons. The molecule has 0 saturated heterocycles. The number of carbonyl (C=O) groups is 3. The maximum absolute atomic E-state index is 11.7. The van der Waals surface area contributed by atoms with Gasteiger partial charge in [-0.15, -0.1) is 0 Å². The summed E-state index contributed by atoms with van der Waals surface area (Å²) in [5.41, 5.74) is -8.73. The van der Waals surface area contributed by atoms with Crippen molar-refractivity contribution in [2.75, 3.05) is 0 Å². The lowest BCUT2D eigenvalue weighted by Gasteiger charge is -2.50. The van der Waals surface area contributed by atoms with E-state index in [1.54, 1.807) is 0 Å². The molecule has 0 aliphatic carbocycles. The Labute approximate surface area is 122 Å². The Kier molecular flexibility index (Phi) is 5.56. The number of ketones is 3. The third kappa shape index (κ3) is 2.90. The van der Waals surface area contributed by atoms with Crippen molar-refractivity contribution >= 4 is 17.3 Å². The molecule has 0 aliphatic heterocycles. The molecule has 5 atom stereocenters. The van der Waals surface area contributed by atoms with Crippen LogP contribution in [0.15, 0.2) is 0 Å². The highest BCUT2D eigenvalue weighted by Crippen LogP contribution is 2.38. The fourth-order valence-corrected chi connectivity index (χ4v) is 2.14. The van der Waals surface area contributed by atoms with E-state index in [4.69, 9.17) is 0 Å². The van der Waals surface area contributed by atoms with Crippen LogP contribution in [0.3, 0.4) is 0 Å². The molecule has 0 heterocycles. The first-order valence-corrected chi connectivity index (χ1v) is 6.20. The van der Waals surface area contributed by atoms with E-state index in [2.05, 4.69) is 0 Å². The molecule has 21 heavy (non-hydrogen) atoms. The zero-order chi connectivity index (χ0) is 17.4. The highest BCUT2D eigenvalue weighted by Gasteiger charge is 2.66. The zero-order valence-corrected chi connectivity index (χ0v) is 12.6. The van der Waals surface area contributed by atoms with Gasteiger partial charge in [-0.1, -0.05) is 0 Å². The van der Waals surface area contributed by atoms with Crippen LogP contribution in [0.25, 0.3) is 0 Å². The number of aliphatic hydroxyl groups is 5. The van der Waals surface area contributed by atoms with Crippen molar-refractivity contribution in [1.29, 1.82) is 0 Å². The van der Waals surface area contributed by atoms with Gasteiger partial charge in [0.2, 0.25) is 0 Å². The predicted molar refractivity (Wildman–Crippen MR) is 70.3 cm³/mol. The molecule has 0 bridgehead atoms. The van der Waals surface area contributed by atoms with E-state index in [-0.39, 0.29) is 0 Å². The largest absolute Gasteiger partial charge is 0.384 e. The van der Waals surface area contributed by atoms with E-state index < -0.39 is 46.4 Å². The first-order chi connectivity index (χ1) is 9.15. The summed E-state index contributed by atoms with van der Waals surface area (Å²) in [6, 6.07) is 0. The molecule has 8 nitrogen and oxygen atoms in total. The minimum Gasteiger partial charge on any atom is -0.384 e. The maximum atomic E-state index is 11.7. The van der Waals surface area contributed by atoms with Gasteiger partial charge in [-0.2, -0.15) is 0 Å². The molecule has 0 aliphatic rings. The molecular weight excluding hydrogens is 284 g/mol. The third-order valence-electron chi connectivity index (χ3n) is 3.96. The summed E-state index contributed by atoms with van der Waals surface area (Å²) in [4.78, 5) is 34.2. The number of hydrogen-bond acceptors (Lipinski definition) is 8. The number of Topliss-reactive ketones (excluding diaryl/α,β-unsaturated/α-hetero) is 3. The summed E-state index contributed by atoms with van der Waals surface area (Å²) in [6.45, 7) is 4.12. The number of aliphatic hydroxyl groups excluding tert-OH is 2. The second-order valence-electron chi connectivity index (χ2n) is 5.57. The standard InChI is InChI=1S/C13H22O8/c1-6(14)9(17)11(4,19)12(5,20)13(21,8(3)16)10(18)7(2)15/h9-10,17-21H,1-5H3/t9?,10?,11-,12+,13+/m0/s1. The molecular formula is C13H22O8. The maximum Gasteiger partial charge on any atom is 0.187 e. The van der Waals surface area contributed by atoms with Gasteiger partial charge < -0.3 is 25.5 Å². The summed E-state index contributed by atoms with van der Waals surface area (Å²) in [7, 11) is 0. The first-order valence-electron chi connectivity index (χ1n) is 6.20. The van der Waals surface area contributed by atoms with Crippen LogP contribution in [0, 0.1) is 0 Å².